The first-order chi connectivity index (χ1) is 23.5. The summed E-state index contributed by atoms with van der Waals surface area (Å²) in [5.41, 5.74) is 1.83. The zero-order chi connectivity index (χ0) is 35.7. The summed E-state index contributed by atoms with van der Waals surface area (Å²) in [4.78, 5) is 25.3. The van der Waals surface area contributed by atoms with Gasteiger partial charge >= 0.3 is 24.0 Å². The molecule has 3 rings (SSSR count). The van der Waals surface area contributed by atoms with Crippen molar-refractivity contribution in [3.8, 4) is 22.6 Å². The molecule has 0 saturated carbocycles. The number of carbonyl (C=O) groups is 2. The molecule has 10 heteroatoms. The van der Waals surface area contributed by atoms with Gasteiger partial charge in [0.05, 0.1) is 17.7 Å². The molecule has 0 N–H and O–H groups in total. The first kappa shape index (κ1) is 39.5. The highest BCUT2D eigenvalue weighted by molar-refractivity contribution is 5.92. The predicted molar refractivity (Wildman–Crippen MR) is 180 cm³/mol. The van der Waals surface area contributed by atoms with E-state index in [4.69, 9.17) is 14.2 Å². The molecular formula is C39H47F5O5. The molecule has 0 heterocycles. The van der Waals surface area contributed by atoms with Gasteiger partial charge in [0, 0.05) is 0 Å². The van der Waals surface area contributed by atoms with E-state index in [1.165, 1.54) is 37.8 Å². The molecule has 49 heavy (non-hydrogen) atoms. The first-order valence-corrected chi connectivity index (χ1v) is 17.3. The van der Waals surface area contributed by atoms with Gasteiger partial charge < -0.3 is 14.2 Å². The summed E-state index contributed by atoms with van der Waals surface area (Å²) >= 11 is 0. The fourth-order valence-corrected chi connectivity index (χ4v) is 5.24. The molecule has 5 nitrogen and oxygen atoms in total. The fraction of sp³-hybridized carbons (Fsp3) is 0.487. The van der Waals surface area contributed by atoms with E-state index < -0.39 is 36.6 Å². The third-order valence-corrected chi connectivity index (χ3v) is 8.23. The minimum absolute atomic E-state index is 0.0476. The molecule has 0 aliphatic rings. The van der Waals surface area contributed by atoms with Crippen LogP contribution in [0.4, 0.5) is 22.0 Å². The van der Waals surface area contributed by atoms with Crippen LogP contribution in [0.1, 0.15) is 118 Å². The summed E-state index contributed by atoms with van der Waals surface area (Å²) in [5, 5.41) is 0. The third kappa shape index (κ3) is 12.8. The summed E-state index contributed by atoms with van der Waals surface area (Å²) in [6.45, 7) is 4.88. The van der Waals surface area contributed by atoms with Crippen LogP contribution in [0.15, 0.2) is 72.8 Å². The van der Waals surface area contributed by atoms with Gasteiger partial charge in [0.15, 0.2) is 6.10 Å². The Kier molecular flexibility index (Phi) is 16.0. The number of hydrogen-bond donors (Lipinski definition) is 0. The lowest BCUT2D eigenvalue weighted by Crippen LogP contribution is -2.49. The quantitative estimate of drug-likeness (QED) is 0.0482. The average molecular weight is 691 g/mol. The van der Waals surface area contributed by atoms with Crippen LogP contribution in [0, 0.1) is 0 Å². The van der Waals surface area contributed by atoms with Crippen molar-refractivity contribution in [3.05, 3.63) is 83.9 Å². The van der Waals surface area contributed by atoms with Crippen LogP contribution in [-0.2, 0) is 4.74 Å². The Morgan fingerprint density at radius 3 is 1.57 bits per heavy atom. The van der Waals surface area contributed by atoms with Crippen LogP contribution >= 0.6 is 0 Å². The summed E-state index contributed by atoms with van der Waals surface area (Å²) < 4.78 is 83.8. The smallest absolute Gasteiger partial charge is 0.457 e. The molecule has 0 saturated heterocycles. The number of benzene rings is 3. The van der Waals surface area contributed by atoms with Crippen LogP contribution < -0.4 is 9.47 Å². The lowest BCUT2D eigenvalue weighted by Gasteiger charge is -2.28. The van der Waals surface area contributed by atoms with Crippen molar-refractivity contribution < 1.29 is 45.8 Å². The van der Waals surface area contributed by atoms with E-state index in [0.717, 1.165) is 61.1 Å². The fourth-order valence-electron chi connectivity index (χ4n) is 5.24. The number of carbonyl (C=O) groups excluding carboxylic acids is 2. The number of ether oxygens (including phenoxy) is 3. The highest BCUT2D eigenvalue weighted by Gasteiger charge is 2.63. The molecule has 3 aromatic rings. The Morgan fingerprint density at radius 1 is 0.571 bits per heavy atom. The van der Waals surface area contributed by atoms with Crippen molar-refractivity contribution in [1.29, 1.82) is 0 Å². The summed E-state index contributed by atoms with van der Waals surface area (Å²) in [7, 11) is 0. The maximum atomic E-state index is 14.2. The van der Waals surface area contributed by atoms with Crippen molar-refractivity contribution >= 4 is 11.9 Å². The molecular weight excluding hydrogens is 643 g/mol. The van der Waals surface area contributed by atoms with E-state index in [2.05, 4.69) is 6.92 Å². The average Bonchev–Trinajstić information content (AvgIpc) is 3.09. The number of hydrogen-bond acceptors (Lipinski definition) is 5. The van der Waals surface area contributed by atoms with E-state index in [0.29, 0.717) is 19.4 Å². The highest BCUT2D eigenvalue weighted by Crippen LogP contribution is 2.41. The number of esters is 2. The molecule has 0 fully saturated rings. The number of unbranched alkanes of at least 4 members (excludes halogenated alkanes) is 10. The molecule has 0 aliphatic heterocycles. The summed E-state index contributed by atoms with van der Waals surface area (Å²) in [6.07, 6.45) is 1.97. The molecule has 1 atom stereocenters. The molecule has 0 radical (unpaired) electrons. The second kappa shape index (κ2) is 19.9. The van der Waals surface area contributed by atoms with Crippen molar-refractivity contribution in [2.45, 2.75) is 116 Å². The molecule has 0 amide bonds. The van der Waals surface area contributed by atoms with Gasteiger partial charge in [-0.05, 0) is 78.9 Å². The number of halogens is 5. The largest absolute Gasteiger partial charge is 0.494 e. The van der Waals surface area contributed by atoms with Gasteiger partial charge in [-0.3, -0.25) is 0 Å². The maximum Gasteiger partial charge on any atom is 0.457 e. The van der Waals surface area contributed by atoms with Crippen LogP contribution in [0.5, 0.6) is 11.5 Å². The van der Waals surface area contributed by atoms with E-state index in [-0.39, 0.29) is 23.3 Å². The lowest BCUT2D eigenvalue weighted by atomic mass is 10.0. The normalized spacial score (nSPS) is 12.4. The zero-order valence-corrected chi connectivity index (χ0v) is 28.3. The minimum atomic E-state index is -5.87. The lowest BCUT2D eigenvalue weighted by molar-refractivity contribution is -0.312. The molecule has 0 aromatic heterocycles. The maximum absolute atomic E-state index is 14.2. The van der Waals surface area contributed by atoms with Gasteiger partial charge in [-0.2, -0.15) is 22.0 Å². The van der Waals surface area contributed by atoms with Gasteiger partial charge in [-0.15, -0.1) is 0 Å². The summed E-state index contributed by atoms with van der Waals surface area (Å²) in [6, 6.07) is 19.2. The van der Waals surface area contributed by atoms with Gasteiger partial charge in [0.2, 0.25) is 0 Å². The minimum Gasteiger partial charge on any atom is -0.494 e. The van der Waals surface area contributed by atoms with E-state index >= 15 is 0 Å². The van der Waals surface area contributed by atoms with Gasteiger partial charge in [0.25, 0.3) is 0 Å². The van der Waals surface area contributed by atoms with E-state index in [1.54, 1.807) is 24.3 Å². The SMILES string of the molecule is CCCCCCCCOc1ccc(-c2ccc(C(=O)Oc3ccc(C(=O)OC(CCCCCCCC)C(F)(F)C(F)(F)F)cc3)cc2)cc1. The molecule has 3 aromatic carbocycles. The summed E-state index contributed by atoms with van der Waals surface area (Å²) in [5.74, 6) is -6.37. The Morgan fingerprint density at radius 2 is 1.02 bits per heavy atom. The van der Waals surface area contributed by atoms with Crippen LogP contribution in [0.25, 0.3) is 11.1 Å². The van der Waals surface area contributed by atoms with Crippen molar-refractivity contribution in [1.82, 2.24) is 0 Å². The Labute approximate surface area is 286 Å². The van der Waals surface area contributed by atoms with Crippen LogP contribution in [-0.4, -0.2) is 36.7 Å². The highest BCUT2D eigenvalue weighted by atomic mass is 19.4. The molecule has 0 aliphatic carbocycles. The van der Waals surface area contributed by atoms with Gasteiger partial charge in [0.1, 0.15) is 11.5 Å². The number of rotatable bonds is 21. The third-order valence-electron chi connectivity index (χ3n) is 8.23. The van der Waals surface area contributed by atoms with E-state index in [1.807, 2.05) is 31.2 Å². The standard InChI is InChI=1S/C39H47F5O5/c1-3-5-7-9-11-13-15-35(38(40,41)39(42,43)44)49-37(46)32-22-26-34(27-23-32)48-36(45)31-18-16-29(17-19-31)30-20-24-33(25-21-30)47-28-14-12-10-8-6-4-2/h16-27,35H,3-15,28H2,1-2H3. The van der Waals surface area contributed by atoms with Crippen molar-refractivity contribution in [2.24, 2.45) is 0 Å². The zero-order valence-electron chi connectivity index (χ0n) is 28.3. The molecule has 268 valence electrons. The second-order valence-electron chi connectivity index (χ2n) is 12.2. The van der Waals surface area contributed by atoms with Crippen molar-refractivity contribution in [2.75, 3.05) is 6.61 Å². The first-order valence-electron chi connectivity index (χ1n) is 17.3. The van der Waals surface area contributed by atoms with Crippen LogP contribution in [0.3, 0.4) is 0 Å². The van der Waals surface area contributed by atoms with E-state index in [9.17, 15) is 31.5 Å². The number of alkyl halides is 5. The van der Waals surface area contributed by atoms with Crippen LogP contribution in [0.2, 0.25) is 0 Å². The van der Waals surface area contributed by atoms with Gasteiger partial charge in [-0.25, -0.2) is 9.59 Å². The molecule has 0 bridgehead atoms. The Hall–Kier alpha value is -3.95. The van der Waals surface area contributed by atoms with Crippen molar-refractivity contribution in [3.63, 3.8) is 0 Å². The monoisotopic (exact) mass is 690 g/mol. The Bertz CT molecular complexity index is 1400. The predicted octanol–water partition coefficient (Wildman–Crippen LogP) is 11.8. The topological polar surface area (TPSA) is 61.8 Å². The Balaban J connectivity index is 1.52. The molecule has 0 spiro atoms. The second-order valence-corrected chi connectivity index (χ2v) is 12.2. The molecule has 1 unspecified atom stereocenters. The van der Waals surface area contributed by atoms with Gasteiger partial charge in [-0.1, -0.05) is 102 Å².